The van der Waals surface area contributed by atoms with Crippen LogP contribution in [0.5, 0.6) is 11.5 Å². The van der Waals surface area contributed by atoms with Crippen molar-refractivity contribution in [1.29, 1.82) is 0 Å². The van der Waals surface area contributed by atoms with Gasteiger partial charge >= 0.3 is 0 Å². The third kappa shape index (κ3) is 3.29. The molecule has 2 aromatic heterocycles. The van der Waals surface area contributed by atoms with Crippen molar-refractivity contribution >= 4 is 31.6 Å². The average molecular weight is 593 g/mol. The lowest BCUT2D eigenvalue weighted by Gasteiger charge is -2.39. The summed E-state index contributed by atoms with van der Waals surface area (Å²) in [5, 5.41) is 1.16. The molecule has 210 valence electrons. The molecule has 4 heteroatoms. The first-order valence-corrected chi connectivity index (χ1v) is 16.0. The average Bonchev–Trinajstić information content (AvgIpc) is 3.63. The van der Waals surface area contributed by atoms with E-state index in [0.29, 0.717) is 0 Å². The van der Waals surface area contributed by atoms with Crippen LogP contribution in [0.1, 0.15) is 22.3 Å². The van der Waals surface area contributed by atoms with Crippen LogP contribution < -0.4 is 4.74 Å². The lowest BCUT2D eigenvalue weighted by Crippen LogP contribution is -2.32. The van der Waals surface area contributed by atoms with Crippen molar-refractivity contribution in [2.24, 2.45) is 0 Å². The molecule has 2 aliphatic rings. The van der Waals surface area contributed by atoms with Gasteiger partial charge in [0.15, 0.2) is 5.82 Å². The normalized spacial score (nSPS) is 13.7. The minimum atomic E-state index is -0.526. The number of rotatable bonds is 2. The summed E-state index contributed by atoms with van der Waals surface area (Å²) in [5.41, 5.74) is 10.8. The topological polar surface area (TPSA) is 35.0 Å². The molecule has 0 amide bonds. The summed E-state index contributed by atoms with van der Waals surface area (Å²) in [5.74, 6) is 2.52. The van der Waals surface area contributed by atoms with E-state index in [1.165, 1.54) is 27.0 Å². The second-order valence-electron chi connectivity index (χ2n) is 11.7. The second-order valence-corrected chi connectivity index (χ2v) is 12.7. The lowest BCUT2D eigenvalue weighted by molar-refractivity contribution is 0.436. The van der Waals surface area contributed by atoms with Crippen LogP contribution >= 0.6 is 11.3 Å². The van der Waals surface area contributed by atoms with Crippen LogP contribution in [0.4, 0.5) is 0 Å². The molecule has 10 rings (SSSR count). The minimum absolute atomic E-state index is 0.526. The zero-order valence-electron chi connectivity index (χ0n) is 24.1. The third-order valence-electron chi connectivity index (χ3n) is 9.38. The van der Waals surface area contributed by atoms with Crippen molar-refractivity contribution < 1.29 is 4.74 Å². The molecule has 6 aromatic carbocycles. The third-order valence-corrected chi connectivity index (χ3v) is 10.5. The van der Waals surface area contributed by atoms with Crippen LogP contribution in [0.15, 0.2) is 146 Å². The van der Waals surface area contributed by atoms with E-state index < -0.39 is 5.41 Å². The number of hydrogen-bond donors (Lipinski definition) is 0. The largest absolute Gasteiger partial charge is 0.457 e. The number of benzene rings is 6. The van der Waals surface area contributed by atoms with Crippen molar-refractivity contribution in [2.45, 2.75) is 5.41 Å². The Bertz CT molecular complexity index is 2430. The van der Waals surface area contributed by atoms with E-state index in [1.807, 2.05) is 6.07 Å². The molecule has 0 N–H and O–H groups in total. The fourth-order valence-electron chi connectivity index (χ4n) is 7.59. The van der Waals surface area contributed by atoms with Crippen LogP contribution in [0.2, 0.25) is 0 Å². The molecular formula is C41H24N2OS. The van der Waals surface area contributed by atoms with Crippen molar-refractivity contribution in [2.75, 3.05) is 0 Å². The number of para-hydroxylation sites is 2. The van der Waals surface area contributed by atoms with Crippen LogP contribution in [-0.4, -0.2) is 9.97 Å². The van der Waals surface area contributed by atoms with Gasteiger partial charge in [0.2, 0.25) is 0 Å². The SMILES string of the molecule is c1ccc(-c2nc(-c3cccc4c3-c3ccccc3C43c4ccccc4Oc4ccccc43)c3sc4ccccc4c3n2)cc1. The van der Waals surface area contributed by atoms with Gasteiger partial charge in [0.05, 0.1) is 21.3 Å². The number of hydrogen-bond acceptors (Lipinski definition) is 4. The van der Waals surface area contributed by atoms with Crippen molar-refractivity contribution in [3.63, 3.8) is 0 Å². The number of ether oxygens (including phenoxy) is 1. The summed E-state index contributed by atoms with van der Waals surface area (Å²) in [6.45, 7) is 0. The Morgan fingerprint density at radius 2 is 1.13 bits per heavy atom. The van der Waals surface area contributed by atoms with Crippen LogP contribution in [0.25, 0.3) is 54.1 Å². The summed E-state index contributed by atoms with van der Waals surface area (Å²) in [6.07, 6.45) is 0. The van der Waals surface area contributed by atoms with Gasteiger partial charge < -0.3 is 4.74 Å². The second kappa shape index (κ2) is 9.21. The number of aromatic nitrogens is 2. The molecule has 0 radical (unpaired) electrons. The Morgan fingerprint density at radius 3 is 1.93 bits per heavy atom. The van der Waals surface area contributed by atoms with E-state index in [2.05, 4.69) is 140 Å². The highest BCUT2D eigenvalue weighted by molar-refractivity contribution is 7.26. The predicted molar refractivity (Wildman–Crippen MR) is 183 cm³/mol. The smallest absolute Gasteiger partial charge is 0.160 e. The predicted octanol–water partition coefficient (Wildman–Crippen LogP) is 10.6. The van der Waals surface area contributed by atoms with Gasteiger partial charge in [-0.25, -0.2) is 9.97 Å². The summed E-state index contributed by atoms with van der Waals surface area (Å²) >= 11 is 1.77. The van der Waals surface area contributed by atoms with Gasteiger partial charge in [-0.1, -0.05) is 127 Å². The molecule has 1 aliphatic carbocycles. The monoisotopic (exact) mass is 592 g/mol. The molecular weight excluding hydrogens is 569 g/mol. The van der Waals surface area contributed by atoms with E-state index in [0.717, 1.165) is 60.9 Å². The van der Waals surface area contributed by atoms with E-state index >= 15 is 0 Å². The van der Waals surface area contributed by atoms with Gasteiger partial charge in [0.1, 0.15) is 11.5 Å². The van der Waals surface area contributed by atoms with Gasteiger partial charge in [-0.3, -0.25) is 0 Å². The summed E-state index contributed by atoms with van der Waals surface area (Å²) < 4.78 is 8.87. The van der Waals surface area contributed by atoms with Crippen LogP contribution in [-0.2, 0) is 5.41 Å². The van der Waals surface area contributed by atoms with Gasteiger partial charge in [-0.2, -0.15) is 0 Å². The van der Waals surface area contributed by atoms with Crippen molar-refractivity contribution in [1.82, 2.24) is 9.97 Å². The Kier molecular flexibility index (Phi) is 5.08. The molecule has 0 bridgehead atoms. The Morgan fingerprint density at radius 1 is 0.511 bits per heavy atom. The zero-order chi connectivity index (χ0) is 29.5. The summed E-state index contributed by atoms with van der Waals surface area (Å²) in [7, 11) is 0. The van der Waals surface area contributed by atoms with E-state index in [-0.39, 0.29) is 0 Å². The Hall–Kier alpha value is -5.58. The van der Waals surface area contributed by atoms with Crippen molar-refractivity contribution in [3.05, 3.63) is 168 Å². The van der Waals surface area contributed by atoms with Gasteiger partial charge in [-0.05, 0) is 40.5 Å². The molecule has 0 atom stereocenters. The molecule has 0 saturated heterocycles. The fourth-order valence-corrected chi connectivity index (χ4v) is 8.74. The number of thiophene rings is 1. The zero-order valence-corrected chi connectivity index (χ0v) is 24.9. The van der Waals surface area contributed by atoms with E-state index in [1.54, 1.807) is 11.3 Å². The lowest BCUT2D eigenvalue weighted by atomic mass is 9.66. The first kappa shape index (κ1) is 24.8. The highest BCUT2D eigenvalue weighted by Gasteiger charge is 2.51. The molecule has 45 heavy (non-hydrogen) atoms. The van der Waals surface area contributed by atoms with Gasteiger partial charge in [0, 0.05) is 32.3 Å². The van der Waals surface area contributed by atoms with Gasteiger partial charge in [-0.15, -0.1) is 11.3 Å². The highest BCUT2D eigenvalue weighted by atomic mass is 32.1. The molecule has 1 aliphatic heterocycles. The highest BCUT2D eigenvalue weighted by Crippen LogP contribution is 2.63. The minimum Gasteiger partial charge on any atom is -0.457 e. The summed E-state index contributed by atoms with van der Waals surface area (Å²) in [4.78, 5) is 10.6. The first-order chi connectivity index (χ1) is 22.3. The quantitative estimate of drug-likeness (QED) is 0.200. The first-order valence-electron chi connectivity index (χ1n) is 15.2. The van der Waals surface area contributed by atoms with Crippen molar-refractivity contribution in [3.8, 4) is 45.3 Å². The molecule has 0 unspecified atom stereocenters. The maximum atomic E-state index is 6.55. The van der Waals surface area contributed by atoms with Gasteiger partial charge in [0.25, 0.3) is 0 Å². The molecule has 3 nitrogen and oxygen atoms in total. The van der Waals surface area contributed by atoms with Crippen LogP contribution in [0, 0.1) is 0 Å². The maximum absolute atomic E-state index is 6.55. The Balaban J connectivity index is 1.36. The molecule has 8 aromatic rings. The molecule has 1 spiro atoms. The standard InChI is InChI=1S/C41H24N2OS/c1-2-13-25(14-3-1)40-42-37-27-16-5-11-24-35(27)45-39(37)38(43-40)28-17-12-21-32-36(28)26-15-4-6-18-29(26)41(32)30-19-7-9-22-33(30)44-34-23-10-8-20-31(34)41/h1-24H. The molecule has 3 heterocycles. The van der Waals surface area contributed by atoms with Crippen LogP contribution in [0.3, 0.4) is 0 Å². The molecule has 0 fully saturated rings. The maximum Gasteiger partial charge on any atom is 0.160 e. The summed E-state index contributed by atoms with van der Waals surface area (Å²) in [6, 6.07) is 51.5. The number of fused-ring (bicyclic) bond motifs is 12. The Labute approximate surface area is 264 Å². The fraction of sp³-hybridized carbons (Fsp3) is 0.0244. The van der Waals surface area contributed by atoms with E-state index in [4.69, 9.17) is 14.7 Å². The van der Waals surface area contributed by atoms with E-state index in [9.17, 15) is 0 Å². The molecule has 0 saturated carbocycles. The number of nitrogens with zero attached hydrogens (tertiary/aromatic N) is 2.